The van der Waals surface area contributed by atoms with Gasteiger partial charge in [0.2, 0.25) is 0 Å². The maximum absolute atomic E-state index is 13.1. The Bertz CT molecular complexity index is 1380. The summed E-state index contributed by atoms with van der Waals surface area (Å²) in [4.78, 5) is 15.0. The van der Waals surface area contributed by atoms with Gasteiger partial charge in [0.05, 0.1) is 24.4 Å². The van der Waals surface area contributed by atoms with Crippen LogP contribution in [0.5, 0.6) is 0 Å². The topological polar surface area (TPSA) is 93.4 Å². The van der Waals surface area contributed by atoms with Crippen molar-refractivity contribution in [1.82, 2.24) is 4.57 Å². The minimum atomic E-state index is -0.986. The molecule has 2 N–H and O–H groups in total. The fraction of sp³-hybridized carbons (Fsp3) is 0.364. The first-order chi connectivity index (χ1) is 19.7. The first-order valence-electron chi connectivity index (χ1n) is 13.9. The summed E-state index contributed by atoms with van der Waals surface area (Å²) in [5.41, 5.74) is 2.63. The largest absolute Gasteiger partial charge is 0.443 e. The van der Waals surface area contributed by atoms with E-state index in [-0.39, 0.29) is 26.3 Å². The van der Waals surface area contributed by atoms with Gasteiger partial charge in [-0.3, -0.25) is 4.57 Å². The van der Waals surface area contributed by atoms with E-state index >= 15 is 0 Å². The van der Waals surface area contributed by atoms with Gasteiger partial charge in [-0.2, -0.15) is 0 Å². The molecular weight excluding hydrogens is 520 g/mol. The van der Waals surface area contributed by atoms with Gasteiger partial charge in [0.1, 0.15) is 30.0 Å². The van der Waals surface area contributed by atoms with Gasteiger partial charge in [0.15, 0.2) is 0 Å². The van der Waals surface area contributed by atoms with Crippen molar-refractivity contribution in [2.24, 2.45) is 0 Å². The lowest BCUT2D eigenvalue weighted by Gasteiger charge is -2.30. The van der Waals surface area contributed by atoms with Gasteiger partial charge in [-0.05, 0) is 38.0 Å². The molecule has 1 aliphatic heterocycles. The number of anilines is 1. The van der Waals surface area contributed by atoms with Crippen LogP contribution in [0.3, 0.4) is 0 Å². The number of para-hydroxylation sites is 1. The lowest BCUT2D eigenvalue weighted by Crippen LogP contribution is -2.47. The van der Waals surface area contributed by atoms with E-state index in [9.17, 15) is 15.0 Å². The van der Waals surface area contributed by atoms with Crippen LogP contribution in [0.1, 0.15) is 31.9 Å². The molecule has 2 heterocycles. The summed E-state index contributed by atoms with van der Waals surface area (Å²) in [6.45, 7) is 6.34. The van der Waals surface area contributed by atoms with Gasteiger partial charge in [-0.25, -0.2) is 4.79 Å². The van der Waals surface area contributed by atoms with Crippen LogP contribution in [0.2, 0.25) is 0 Å². The number of β-amino-alcohol motifs (C(OH)–C–C–N with tert-alkyl or cyclic N) is 2. The van der Waals surface area contributed by atoms with Crippen molar-refractivity contribution in [1.29, 1.82) is 0 Å². The number of benzene rings is 3. The summed E-state index contributed by atoms with van der Waals surface area (Å²) in [6, 6.07) is 27.0. The zero-order valence-electron chi connectivity index (χ0n) is 23.7. The van der Waals surface area contributed by atoms with Crippen LogP contribution in [0.4, 0.5) is 10.5 Å². The second-order valence-electron chi connectivity index (χ2n) is 11.4. The van der Waals surface area contributed by atoms with E-state index in [0.717, 1.165) is 16.5 Å². The molecule has 0 unspecified atom stereocenters. The highest BCUT2D eigenvalue weighted by Gasteiger charge is 2.41. The third-order valence-corrected chi connectivity index (χ3v) is 7.09. The number of hydrogen-bond donors (Lipinski definition) is 2. The first kappa shape index (κ1) is 28.8. The average molecular weight is 559 g/mol. The number of carbonyl (C=O) groups is 1. The summed E-state index contributed by atoms with van der Waals surface area (Å²) in [7, 11) is 0. The first-order valence-corrected chi connectivity index (χ1v) is 13.9. The Morgan fingerprint density at radius 1 is 0.780 bits per heavy atom. The lowest BCUT2D eigenvalue weighted by atomic mass is 10.0. The lowest BCUT2D eigenvalue weighted by molar-refractivity contribution is -0.155. The standard InChI is InChI=1S/C33H38N2O6/c1-33(2,3)41-32(38)35-18-27(25-16-10-11-17-26(25)35)34-19-28(36)30(39-21-23-12-6-4-7-13-23)31(29(37)20-34)40-22-24-14-8-5-9-15-24/h4-18,28-31,36-37H,19-22H2,1-3H3/t28-,29-,30+,31+/m0/s1. The molecule has 3 aromatic carbocycles. The second-order valence-corrected chi connectivity index (χ2v) is 11.4. The van der Waals surface area contributed by atoms with Gasteiger partial charge >= 0.3 is 6.09 Å². The van der Waals surface area contributed by atoms with Gasteiger partial charge in [-0.1, -0.05) is 78.9 Å². The van der Waals surface area contributed by atoms with E-state index in [4.69, 9.17) is 14.2 Å². The van der Waals surface area contributed by atoms with Crippen molar-refractivity contribution in [3.05, 3.63) is 102 Å². The molecule has 1 aromatic heterocycles. The smallest absolute Gasteiger partial charge is 0.419 e. The number of fused-ring (bicyclic) bond motifs is 1. The average Bonchev–Trinajstić information content (AvgIpc) is 3.29. The van der Waals surface area contributed by atoms with Crippen LogP contribution in [0.15, 0.2) is 91.1 Å². The number of carbonyl (C=O) groups excluding carboxylic acids is 1. The predicted octanol–water partition coefficient (Wildman–Crippen LogP) is 5.14. The number of ether oxygens (including phenoxy) is 3. The SMILES string of the molecule is CC(C)(C)OC(=O)n1cc(N2C[C@H](O)[C@@H](OCc3ccccc3)[C@H](OCc3ccccc3)[C@@H](O)C2)c2ccccc21. The highest BCUT2D eigenvalue weighted by Crippen LogP contribution is 2.33. The Hall–Kier alpha value is -3.69. The second kappa shape index (κ2) is 12.4. The van der Waals surface area contributed by atoms with Crippen molar-refractivity contribution in [2.45, 2.75) is 64.0 Å². The third-order valence-electron chi connectivity index (χ3n) is 7.09. The number of aliphatic hydroxyl groups is 2. The summed E-state index contributed by atoms with van der Waals surface area (Å²) < 4.78 is 19.7. The van der Waals surface area contributed by atoms with E-state index in [0.29, 0.717) is 11.2 Å². The molecule has 0 radical (unpaired) electrons. The van der Waals surface area contributed by atoms with E-state index in [1.165, 1.54) is 4.57 Å². The molecule has 0 spiro atoms. The molecule has 4 aromatic rings. The Balaban J connectivity index is 1.45. The van der Waals surface area contributed by atoms with Gasteiger partial charge in [0, 0.05) is 24.7 Å². The van der Waals surface area contributed by atoms with Crippen molar-refractivity contribution < 1.29 is 29.2 Å². The molecule has 8 nitrogen and oxygen atoms in total. The van der Waals surface area contributed by atoms with E-state index < -0.39 is 36.1 Å². The van der Waals surface area contributed by atoms with Gasteiger partial charge < -0.3 is 29.3 Å². The van der Waals surface area contributed by atoms with Crippen molar-refractivity contribution in [3.8, 4) is 0 Å². The van der Waals surface area contributed by atoms with E-state index in [2.05, 4.69) is 0 Å². The molecular formula is C33H38N2O6. The van der Waals surface area contributed by atoms with E-state index in [1.807, 2.05) is 111 Å². The van der Waals surface area contributed by atoms with Crippen molar-refractivity contribution in [2.75, 3.05) is 18.0 Å². The number of rotatable bonds is 7. The Morgan fingerprint density at radius 2 is 1.27 bits per heavy atom. The Kier molecular flexibility index (Phi) is 8.75. The number of nitrogens with zero attached hydrogens (tertiary/aromatic N) is 2. The Morgan fingerprint density at radius 3 is 1.78 bits per heavy atom. The Labute approximate surface area is 240 Å². The van der Waals surface area contributed by atoms with Crippen molar-refractivity contribution in [3.63, 3.8) is 0 Å². The monoisotopic (exact) mass is 558 g/mol. The van der Waals surface area contributed by atoms with Crippen LogP contribution >= 0.6 is 0 Å². The zero-order chi connectivity index (χ0) is 29.0. The normalized spacial score (nSPS) is 21.5. The zero-order valence-corrected chi connectivity index (χ0v) is 23.7. The van der Waals surface area contributed by atoms with Crippen LogP contribution in [0.25, 0.3) is 10.9 Å². The van der Waals surface area contributed by atoms with Crippen LogP contribution in [0, 0.1) is 0 Å². The molecule has 0 bridgehead atoms. The molecule has 216 valence electrons. The maximum atomic E-state index is 13.1. The van der Waals surface area contributed by atoms with Crippen LogP contribution in [-0.2, 0) is 27.4 Å². The molecule has 41 heavy (non-hydrogen) atoms. The molecule has 0 saturated carbocycles. The van der Waals surface area contributed by atoms with Crippen molar-refractivity contribution >= 4 is 22.7 Å². The van der Waals surface area contributed by atoms with Crippen LogP contribution < -0.4 is 4.90 Å². The quantitative estimate of drug-likeness (QED) is 0.325. The molecule has 8 heteroatoms. The van der Waals surface area contributed by atoms with Gasteiger partial charge in [-0.15, -0.1) is 0 Å². The molecule has 1 fully saturated rings. The summed E-state index contributed by atoms with van der Waals surface area (Å²) >= 11 is 0. The minimum absolute atomic E-state index is 0.171. The molecule has 1 saturated heterocycles. The predicted molar refractivity (Wildman–Crippen MR) is 158 cm³/mol. The maximum Gasteiger partial charge on any atom is 0.419 e. The molecule has 1 aliphatic rings. The number of hydrogen-bond acceptors (Lipinski definition) is 7. The highest BCUT2D eigenvalue weighted by molar-refractivity contribution is 5.99. The van der Waals surface area contributed by atoms with Gasteiger partial charge in [0.25, 0.3) is 0 Å². The third kappa shape index (κ3) is 6.97. The molecule has 5 rings (SSSR count). The minimum Gasteiger partial charge on any atom is -0.443 e. The summed E-state index contributed by atoms with van der Waals surface area (Å²) in [5, 5.41) is 23.9. The molecule has 0 aliphatic carbocycles. The highest BCUT2D eigenvalue weighted by atomic mass is 16.6. The summed E-state index contributed by atoms with van der Waals surface area (Å²) in [6.07, 6.45) is -2.34. The summed E-state index contributed by atoms with van der Waals surface area (Å²) in [5.74, 6) is 0. The molecule has 4 atom stereocenters. The fourth-order valence-electron chi connectivity index (χ4n) is 5.19. The number of aromatic nitrogens is 1. The van der Waals surface area contributed by atoms with Crippen LogP contribution in [-0.4, -0.2) is 64.0 Å². The van der Waals surface area contributed by atoms with E-state index in [1.54, 1.807) is 6.20 Å². The number of aliphatic hydroxyl groups excluding tert-OH is 2. The fourth-order valence-corrected chi connectivity index (χ4v) is 5.19. The molecule has 0 amide bonds.